The topological polar surface area (TPSA) is 19.4 Å². The predicted octanol–water partition coefficient (Wildman–Crippen LogP) is 11.0. The Morgan fingerprint density at radius 1 is 0.619 bits per heavy atom. The highest BCUT2D eigenvalue weighted by atomic mass is 15.2. The van der Waals surface area contributed by atoms with Gasteiger partial charge in [0.25, 0.3) is 0 Å². The van der Waals surface area contributed by atoms with Gasteiger partial charge in [0.05, 0.1) is 11.9 Å². The molecular weight excluding hydrogens is 510 g/mol. The molecule has 5 aromatic rings. The van der Waals surface area contributed by atoms with Crippen LogP contribution in [-0.2, 0) is 0 Å². The Morgan fingerprint density at radius 3 is 1.55 bits per heavy atom. The lowest BCUT2D eigenvalue weighted by atomic mass is 10.0. The number of hydrogen-bond donors (Lipinski definition) is 0. The molecule has 0 saturated heterocycles. The van der Waals surface area contributed by atoms with E-state index >= 15 is 0 Å². The minimum Gasteiger partial charge on any atom is -0.311 e. The average Bonchev–Trinajstić information content (AvgIpc) is 3.06. The second-order valence-corrected chi connectivity index (χ2v) is 10.1. The van der Waals surface area contributed by atoms with E-state index in [0.29, 0.717) is 0 Å². The molecule has 3 nitrogen and oxygen atoms in total. The predicted molar refractivity (Wildman–Crippen MR) is 180 cm³/mol. The van der Waals surface area contributed by atoms with Gasteiger partial charge in [0.1, 0.15) is 0 Å². The van der Waals surface area contributed by atoms with Crippen LogP contribution in [0.5, 0.6) is 0 Å². The van der Waals surface area contributed by atoms with Crippen molar-refractivity contribution in [3.63, 3.8) is 0 Å². The van der Waals surface area contributed by atoms with Gasteiger partial charge in [-0.15, -0.1) is 0 Å². The molecule has 5 rings (SSSR count). The molecule has 4 aromatic carbocycles. The number of aromatic nitrogens is 1. The van der Waals surface area contributed by atoms with Crippen molar-refractivity contribution in [3.8, 4) is 0 Å². The number of benzene rings is 4. The maximum atomic E-state index is 4.76. The monoisotopic (exact) mass is 547 g/mol. The van der Waals surface area contributed by atoms with Gasteiger partial charge in [0, 0.05) is 40.2 Å². The van der Waals surface area contributed by atoms with Crippen molar-refractivity contribution in [1.29, 1.82) is 0 Å². The summed E-state index contributed by atoms with van der Waals surface area (Å²) in [6, 6.07) is 44.2. The quantitative estimate of drug-likeness (QED) is 0.162. The Balaban J connectivity index is 1.65. The van der Waals surface area contributed by atoms with Crippen molar-refractivity contribution < 1.29 is 0 Å². The van der Waals surface area contributed by atoms with Crippen LogP contribution in [0.3, 0.4) is 0 Å². The standard InChI is InChI=1S/C39H37N3/c1-4-31(3)26-32(27-34(5-2)41(35-18-10-6-11-19-35)36-20-12-7-13-21-36)33-28-39(30-40-29-33)42(37-22-14-8-15-23-37)38-24-16-9-17-25-38/h5-30H,4H2,1-3H3. The van der Waals surface area contributed by atoms with Crippen molar-refractivity contribution in [3.05, 3.63) is 175 Å². The summed E-state index contributed by atoms with van der Waals surface area (Å²) in [7, 11) is 0. The first kappa shape index (κ1) is 28.4. The first-order chi connectivity index (χ1) is 20.7. The third-order valence-corrected chi connectivity index (χ3v) is 7.19. The molecule has 0 amide bonds. The maximum Gasteiger partial charge on any atom is 0.0651 e. The zero-order valence-corrected chi connectivity index (χ0v) is 24.6. The van der Waals surface area contributed by atoms with Crippen molar-refractivity contribution >= 4 is 34.0 Å². The molecule has 0 atom stereocenters. The summed E-state index contributed by atoms with van der Waals surface area (Å²) in [5, 5.41) is 0. The molecule has 208 valence electrons. The highest BCUT2D eigenvalue weighted by Gasteiger charge is 2.16. The number of rotatable bonds is 10. The van der Waals surface area contributed by atoms with E-state index in [0.717, 1.165) is 51.7 Å². The number of pyridine rings is 1. The lowest BCUT2D eigenvalue weighted by molar-refractivity contribution is 1.10. The van der Waals surface area contributed by atoms with Crippen LogP contribution in [0.2, 0.25) is 0 Å². The van der Waals surface area contributed by atoms with Crippen molar-refractivity contribution in [2.24, 2.45) is 0 Å². The molecule has 0 unspecified atom stereocenters. The number of allylic oxidation sites excluding steroid dienone is 5. The summed E-state index contributed by atoms with van der Waals surface area (Å²) >= 11 is 0. The van der Waals surface area contributed by atoms with Gasteiger partial charge in [-0.3, -0.25) is 4.98 Å². The maximum absolute atomic E-state index is 4.76. The summed E-state index contributed by atoms with van der Waals surface area (Å²) < 4.78 is 0. The van der Waals surface area contributed by atoms with Crippen LogP contribution in [0.25, 0.3) is 5.57 Å². The van der Waals surface area contributed by atoms with Crippen molar-refractivity contribution in [2.45, 2.75) is 27.2 Å². The van der Waals surface area contributed by atoms with Crippen molar-refractivity contribution in [2.75, 3.05) is 9.80 Å². The molecule has 0 N–H and O–H groups in total. The molecule has 3 heteroatoms. The Labute approximate surface area is 250 Å². The second kappa shape index (κ2) is 14.0. The van der Waals surface area contributed by atoms with E-state index in [1.54, 1.807) is 0 Å². The number of hydrogen-bond acceptors (Lipinski definition) is 3. The summed E-state index contributed by atoms with van der Waals surface area (Å²) in [6.45, 7) is 6.48. The smallest absolute Gasteiger partial charge is 0.0651 e. The lowest BCUT2D eigenvalue weighted by Crippen LogP contribution is -2.15. The molecule has 1 heterocycles. The third-order valence-electron chi connectivity index (χ3n) is 7.19. The molecule has 0 aliphatic carbocycles. The fourth-order valence-corrected chi connectivity index (χ4v) is 4.92. The molecule has 0 aliphatic heterocycles. The Hall–Kier alpha value is -5.15. The van der Waals surface area contributed by atoms with E-state index in [-0.39, 0.29) is 0 Å². The van der Waals surface area contributed by atoms with Crippen LogP contribution in [0.4, 0.5) is 28.4 Å². The van der Waals surface area contributed by atoms with Gasteiger partial charge in [-0.05, 0) is 86.5 Å². The third kappa shape index (κ3) is 6.76. The second-order valence-electron chi connectivity index (χ2n) is 10.1. The van der Waals surface area contributed by atoms with Gasteiger partial charge in [0.15, 0.2) is 0 Å². The zero-order chi connectivity index (χ0) is 29.1. The number of anilines is 5. The molecule has 0 spiro atoms. The normalized spacial score (nSPS) is 12.2. The molecule has 0 bridgehead atoms. The first-order valence-corrected chi connectivity index (χ1v) is 14.5. The van der Waals surface area contributed by atoms with E-state index in [1.165, 1.54) is 5.57 Å². The lowest BCUT2D eigenvalue weighted by Gasteiger charge is -2.27. The van der Waals surface area contributed by atoms with E-state index in [1.807, 2.05) is 24.5 Å². The molecule has 0 radical (unpaired) electrons. The summed E-state index contributed by atoms with van der Waals surface area (Å²) in [5.74, 6) is 0. The largest absolute Gasteiger partial charge is 0.311 e. The van der Waals surface area contributed by atoms with E-state index < -0.39 is 0 Å². The Morgan fingerprint density at radius 2 is 1.10 bits per heavy atom. The Kier molecular flexibility index (Phi) is 9.43. The van der Waals surface area contributed by atoms with Crippen molar-refractivity contribution in [1.82, 2.24) is 4.98 Å². The van der Waals surface area contributed by atoms with Gasteiger partial charge in [-0.25, -0.2) is 0 Å². The van der Waals surface area contributed by atoms with Gasteiger partial charge in [-0.2, -0.15) is 0 Å². The van der Waals surface area contributed by atoms with Crippen LogP contribution >= 0.6 is 0 Å². The highest BCUT2D eigenvalue weighted by Crippen LogP contribution is 2.36. The number of para-hydroxylation sites is 4. The molecule has 1 aromatic heterocycles. The van der Waals surface area contributed by atoms with Gasteiger partial charge >= 0.3 is 0 Å². The fraction of sp³-hybridized carbons (Fsp3) is 0.103. The summed E-state index contributed by atoms with van der Waals surface area (Å²) in [6.07, 6.45) is 11.6. The van der Waals surface area contributed by atoms with Crippen LogP contribution in [0.1, 0.15) is 32.8 Å². The molecule has 0 aliphatic rings. The minimum absolute atomic E-state index is 0.969. The van der Waals surface area contributed by atoms with Crippen LogP contribution in [0, 0.1) is 0 Å². The SMILES string of the molecule is CC=C(C=C(C=C(C)CC)c1cncc(N(c2ccccc2)c2ccccc2)c1)N(c1ccccc1)c1ccccc1. The minimum atomic E-state index is 0.969. The van der Waals surface area contributed by atoms with Gasteiger partial charge < -0.3 is 9.80 Å². The van der Waals surface area contributed by atoms with E-state index in [2.05, 4.69) is 164 Å². The van der Waals surface area contributed by atoms with Crippen LogP contribution in [0.15, 0.2) is 169 Å². The molecule has 0 saturated carbocycles. The summed E-state index contributed by atoms with van der Waals surface area (Å²) in [4.78, 5) is 9.31. The Bertz CT molecular complexity index is 1580. The average molecular weight is 548 g/mol. The zero-order valence-electron chi connectivity index (χ0n) is 24.6. The highest BCUT2D eigenvalue weighted by molar-refractivity contribution is 5.83. The molecule has 42 heavy (non-hydrogen) atoms. The fourth-order valence-electron chi connectivity index (χ4n) is 4.92. The van der Waals surface area contributed by atoms with Gasteiger partial charge in [-0.1, -0.05) is 97.4 Å². The molecule has 0 fully saturated rings. The number of nitrogens with zero attached hydrogens (tertiary/aromatic N) is 3. The van der Waals surface area contributed by atoms with E-state index in [4.69, 9.17) is 4.98 Å². The van der Waals surface area contributed by atoms with Crippen LogP contribution < -0.4 is 9.80 Å². The van der Waals surface area contributed by atoms with Gasteiger partial charge in [0.2, 0.25) is 0 Å². The molecular formula is C39H37N3. The van der Waals surface area contributed by atoms with Crippen LogP contribution in [-0.4, -0.2) is 4.98 Å². The summed E-state index contributed by atoms with van der Waals surface area (Å²) in [5.41, 5.74) is 9.93. The van der Waals surface area contributed by atoms with E-state index in [9.17, 15) is 0 Å². The first-order valence-electron chi connectivity index (χ1n) is 14.5.